The van der Waals surface area contributed by atoms with Gasteiger partial charge in [0, 0.05) is 20.9 Å². The number of nitrogens with one attached hydrogen (secondary N) is 1. The first-order valence-electron chi connectivity index (χ1n) is 9.28. The number of amides is 1. The molecule has 0 heterocycles. The van der Waals surface area contributed by atoms with Crippen LogP contribution in [0.5, 0.6) is 0 Å². The van der Waals surface area contributed by atoms with Gasteiger partial charge in [0.1, 0.15) is 0 Å². The smallest absolute Gasteiger partial charge is 0.312 e. The molecule has 0 aromatic heterocycles. The van der Waals surface area contributed by atoms with Crippen molar-refractivity contribution in [3.63, 3.8) is 0 Å². The number of halogens is 2. The average Bonchev–Trinajstić information content (AvgIpc) is 2.59. The number of hydrogen-bond acceptors (Lipinski definition) is 5. The number of carbonyl (C=O) groups excluding carboxylic acids is 2. The van der Waals surface area contributed by atoms with Gasteiger partial charge in [0.2, 0.25) is 0 Å². The van der Waals surface area contributed by atoms with Crippen LogP contribution < -0.4 is 5.32 Å². The summed E-state index contributed by atoms with van der Waals surface area (Å²) in [6.07, 6.45) is 5.91. The van der Waals surface area contributed by atoms with Crippen LogP contribution in [0.25, 0.3) is 0 Å². The lowest BCUT2D eigenvalue weighted by atomic mass is 9.49. The summed E-state index contributed by atoms with van der Waals surface area (Å²) >= 11 is 7.07. The van der Waals surface area contributed by atoms with Gasteiger partial charge in [0.15, 0.2) is 6.61 Å². The number of non-ortho nitro benzene ring substituents is 1. The highest BCUT2D eigenvalue weighted by atomic mass is 79.9. The molecule has 0 radical (unpaired) electrons. The van der Waals surface area contributed by atoms with E-state index < -0.39 is 16.2 Å². The Morgan fingerprint density at radius 1 is 1.25 bits per heavy atom. The van der Waals surface area contributed by atoms with Gasteiger partial charge in [-0.1, -0.05) is 15.9 Å². The molecule has 2 atom stereocenters. The highest BCUT2D eigenvalue weighted by molar-refractivity contribution is 9.10. The molecule has 1 aromatic carbocycles. The van der Waals surface area contributed by atoms with Crippen molar-refractivity contribution in [1.82, 2.24) is 0 Å². The molecule has 28 heavy (non-hydrogen) atoms. The third kappa shape index (κ3) is 3.70. The van der Waals surface area contributed by atoms with Crippen LogP contribution in [0.4, 0.5) is 11.4 Å². The number of benzene rings is 1. The number of nitro benzene ring substituents is 1. The number of anilines is 1. The van der Waals surface area contributed by atoms with E-state index in [1.165, 1.54) is 24.6 Å². The van der Waals surface area contributed by atoms with Crippen molar-refractivity contribution in [3.8, 4) is 0 Å². The van der Waals surface area contributed by atoms with Crippen molar-refractivity contribution >= 4 is 55.1 Å². The highest BCUT2D eigenvalue weighted by Crippen LogP contribution is 2.64. The van der Waals surface area contributed by atoms with Gasteiger partial charge in [-0.15, -0.1) is 0 Å². The van der Waals surface area contributed by atoms with E-state index in [-0.39, 0.29) is 22.6 Å². The lowest BCUT2D eigenvalue weighted by molar-refractivity contribution is -0.384. The van der Waals surface area contributed by atoms with Gasteiger partial charge in [0.25, 0.3) is 11.6 Å². The molecule has 4 fully saturated rings. The number of nitrogens with zero attached hydrogens (tertiary/aromatic N) is 1. The van der Waals surface area contributed by atoms with Crippen molar-refractivity contribution < 1.29 is 19.2 Å². The lowest BCUT2D eigenvalue weighted by Gasteiger charge is -2.58. The van der Waals surface area contributed by atoms with Crippen molar-refractivity contribution in [2.75, 3.05) is 11.9 Å². The van der Waals surface area contributed by atoms with Crippen LogP contribution in [0.15, 0.2) is 22.7 Å². The summed E-state index contributed by atoms with van der Waals surface area (Å²) in [5.41, 5.74) is -0.162. The Morgan fingerprint density at radius 2 is 1.93 bits per heavy atom. The molecule has 4 bridgehead atoms. The molecule has 5 rings (SSSR count). The van der Waals surface area contributed by atoms with E-state index in [2.05, 4.69) is 37.2 Å². The number of hydrogen-bond donors (Lipinski definition) is 1. The summed E-state index contributed by atoms with van der Waals surface area (Å²) in [4.78, 5) is 35.4. The standard InChI is InChI=1S/C19H20Br2N2O5/c20-14-4-13(23(26)27)1-2-15(14)22-16(24)9-28-17(25)18-5-11-3-12(6-18)8-19(21,7-11)10-18/h1-2,4,11-12H,3,5-10H2,(H,22,24)/t11-,12-,18?,19?/m1/s1. The molecule has 1 N–H and O–H groups in total. The monoisotopic (exact) mass is 514 g/mol. The quantitative estimate of drug-likeness (QED) is 0.268. The molecule has 150 valence electrons. The first-order valence-corrected chi connectivity index (χ1v) is 10.9. The zero-order valence-electron chi connectivity index (χ0n) is 15.1. The fourth-order valence-corrected chi connectivity index (χ4v) is 7.50. The summed E-state index contributed by atoms with van der Waals surface area (Å²) in [7, 11) is 0. The maximum atomic E-state index is 12.9. The Bertz CT molecular complexity index is 845. The summed E-state index contributed by atoms with van der Waals surface area (Å²) in [5.74, 6) is 0.362. The number of alkyl halides is 1. The van der Waals surface area contributed by atoms with Crippen LogP contribution in [0, 0.1) is 27.4 Å². The van der Waals surface area contributed by atoms with E-state index in [0.717, 1.165) is 32.1 Å². The predicted molar refractivity (Wildman–Crippen MR) is 109 cm³/mol. The minimum Gasteiger partial charge on any atom is -0.455 e. The Labute approximate surface area is 179 Å². The number of rotatable bonds is 5. The molecule has 1 amide bonds. The minimum atomic E-state index is -0.514. The van der Waals surface area contributed by atoms with Crippen LogP contribution in [-0.4, -0.2) is 27.7 Å². The number of esters is 1. The van der Waals surface area contributed by atoms with E-state index in [1.807, 2.05) is 0 Å². The molecule has 0 aliphatic heterocycles. The molecule has 0 saturated heterocycles. The van der Waals surface area contributed by atoms with Gasteiger partial charge in [-0.25, -0.2) is 0 Å². The Balaban J connectivity index is 1.36. The van der Waals surface area contributed by atoms with Gasteiger partial charge in [-0.3, -0.25) is 19.7 Å². The zero-order valence-corrected chi connectivity index (χ0v) is 18.3. The van der Waals surface area contributed by atoms with Gasteiger partial charge >= 0.3 is 5.97 Å². The van der Waals surface area contributed by atoms with Crippen molar-refractivity contribution in [2.24, 2.45) is 17.3 Å². The van der Waals surface area contributed by atoms with E-state index in [9.17, 15) is 19.7 Å². The first-order chi connectivity index (χ1) is 13.2. The topological polar surface area (TPSA) is 98.5 Å². The fraction of sp³-hybridized carbons (Fsp3) is 0.579. The largest absolute Gasteiger partial charge is 0.455 e. The summed E-state index contributed by atoms with van der Waals surface area (Å²) < 4.78 is 5.85. The van der Waals surface area contributed by atoms with Crippen molar-refractivity contribution in [2.45, 2.75) is 42.8 Å². The SMILES string of the molecule is O=C(COC(=O)C12C[C@H]3C[C@@H](CC(Br)(C3)C1)C2)Nc1ccc([N+](=O)[O-])cc1Br. The molecule has 4 saturated carbocycles. The van der Waals surface area contributed by atoms with Crippen LogP contribution >= 0.6 is 31.9 Å². The van der Waals surface area contributed by atoms with E-state index in [4.69, 9.17) is 4.74 Å². The molecule has 1 aromatic rings. The van der Waals surface area contributed by atoms with Crippen molar-refractivity contribution in [3.05, 3.63) is 32.8 Å². The maximum Gasteiger partial charge on any atom is 0.312 e. The lowest BCUT2D eigenvalue weighted by Crippen LogP contribution is -2.56. The minimum absolute atomic E-state index is 0.0436. The second-order valence-corrected chi connectivity index (χ2v) is 11.0. The van der Waals surface area contributed by atoms with E-state index in [0.29, 0.717) is 22.0 Å². The van der Waals surface area contributed by atoms with Gasteiger partial charge in [-0.05, 0) is 72.4 Å². The van der Waals surface area contributed by atoms with Crippen LogP contribution in [0.3, 0.4) is 0 Å². The Kier molecular flexibility index (Phi) is 5.02. The second kappa shape index (κ2) is 7.09. The average molecular weight is 516 g/mol. The maximum absolute atomic E-state index is 12.9. The molecule has 9 heteroatoms. The predicted octanol–water partition coefficient (Wildman–Crippen LogP) is 4.57. The molecule has 7 nitrogen and oxygen atoms in total. The number of ether oxygens (including phenoxy) is 1. The summed E-state index contributed by atoms with van der Waals surface area (Å²) in [6, 6.07) is 4.05. The third-order valence-electron chi connectivity index (χ3n) is 6.19. The molecule has 0 spiro atoms. The summed E-state index contributed by atoms with van der Waals surface area (Å²) in [6.45, 7) is -0.366. The van der Waals surface area contributed by atoms with Gasteiger partial charge in [0.05, 0.1) is 16.0 Å². The Morgan fingerprint density at radius 3 is 2.50 bits per heavy atom. The second-order valence-electron chi connectivity index (χ2n) is 8.44. The van der Waals surface area contributed by atoms with Gasteiger partial charge < -0.3 is 10.1 Å². The van der Waals surface area contributed by atoms with Crippen LogP contribution in [0.2, 0.25) is 0 Å². The van der Waals surface area contributed by atoms with Crippen molar-refractivity contribution in [1.29, 1.82) is 0 Å². The number of carbonyl (C=O) groups is 2. The van der Waals surface area contributed by atoms with Gasteiger partial charge in [-0.2, -0.15) is 0 Å². The molecule has 0 unspecified atom stereocenters. The molecular formula is C19H20Br2N2O5. The first kappa shape index (κ1) is 19.8. The van der Waals surface area contributed by atoms with Crippen LogP contribution in [0.1, 0.15) is 38.5 Å². The highest BCUT2D eigenvalue weighted by Gasteiger charge is 2.60. The Hall–Kier alpha value is -1.48. The number of nitro groups is 1. The van der Waals surface area contributed by atoms with E-state index >= 15 is 0 Å². The summed E-state index contributed by atoms with van der Waals surface area (Å²) in [5, 5.41) is 13.4. The molecular weight excluding hydrogens is 496 g/mol. The zero-order chi connectivity index (χ0) is 20.1. The van der Waals surface area contributed by atoms with E-state index in [1.54, 1.807) is 0 Å². The van der Waals surface area contributed by atoms with Crippen LogP contribution in [-0.2, 0) is 14.3 Å². The normalized spacial score (nSPS) is 32.8. The molecule has 4 aliphatic rings. The third-order valence-corrected chi connectivity index (χ3v) is 7.78. The fourth-order valence-electron chi connectivity index (χ4n) is 5.58. The molecule has 4 aliphatic carbocycles.